The van der Waals surface area contributed by atoms with Crippen molar-refractivity contribution < 1.29 is 18.7 Å². The molecule has 0 amide bonds. The highest BCUT2D eigenvalue weighted by atomic mass is 19.1. The van der Waals surface area contributed by atoms with E-state index in [9.17, 15) is 9.18 Å². The molecule has 0 radical (unpaired) electrons. The van der Waals surface area contributed by atoms with Gasteiger partial charge in [-0.2, -0.15) is 0 Å². The molecule has 0 fully saturated rings. The van der Waals surface area contributed by atoms with E-state index in [1.807, 2.05) is 12.1 Å². The molecule has 2 atom stereocenters. The van der Waals surface area contributed by atoms with E-state index < -0.39 is 5.60 Å². The van der Waals surface area contributed by atoms with Gasteiger partial charge in [-0.3, -0.25) is 0 Å². The number of nitrogens with zero attached hydrogens (tertiary/aromatic N) is 3. The van der Waals surface area contributed by atoms with Crippen molar-refractivity contribution in [1.29, 1.82) is 0 Å². The van der Waals surface area contributed by atoms with Gasteiger partial charge >= 0.3 is 5.97 Å². The lowest BCUT2D eigenvalue weighted by atomic mass is 9.65. The number of carbonyl (C=O) groups is 1. The van der Waals surface area contributed by atoms with Crippen molar-refractivity contribution in [3.8, 4) is 0 Å². The Bertz CT molecular complexity index is 1270. The lowest BCUT2D eigenvalue weighted by Crippen LogP contribution is -2.49. The van der Waals surface area contributed by atoms with Gasteiger partial charge in [-0.15, -0.1) is 0 Å². The number of hydrogen-bond acceptors (Lipinski definition) is 5. The molecule has 7 heteroatoms. The molecule has 1 heterocycles. The lowest BCUT2D eigenvalue weighted by molar-refractivity contribution is -0.172. The van der Waals surface area contributed by atoms with E-state index >= 15 is 0 Å². The number of aromatic nitrogens is 2. The number of methoxy groups -OCH3 is 1. The first-order valence-electron chi connectivity index (χ1n) is 14.3. The summed E-state index contributed by atoms with van der Waals surface area (Å²) in [5, 5.41) is 0. The van der Waals surface area contributed by atoms with Crippen molar-refractivity contribution in [2.24, 2.45) is 5.92 Å². The minimum absolute atomic E-state index is 0.0120. The van der Waals surface area contributed by atoms with Gasteiger partial charge in [-0.1, -0.05) is 32.0 Å². The number of fused-ring (bicyclic) bond motifs is 2. The van der Waals surface area contributed by atoms with E-state index in [2.05, 4.69) is 62.4 Å². The van der Waals surface area contributed by atoms with Gasteiger partial charge < -0.3 is 18.9 Å². The second kappa shape index (κ2) is 12.6. The van der Waals surface area contributed by atoms with Crippen LogP contribution in [0, 0.1) is 11.7 Å². The monoisotopic (exact) mass is 537 g/mol. The molecule has 1 aromatic heterocycles. The van der Waals surface area contributed by atoms with Crippen molar-refractivity contribution in [2.75, 3.05) is 33.9 Å². The predicted molar refractivity (Wildman–Crippen MR) is 154 cm³/mol. The van der Waals surface area contributed by atoms with E-state index in [0.29, 0.717) is 25.3 Å². The minimum Gasteiger partial charge on any atom is -0.457 e. The van der Waals surface area contributed by atoms with Crippen LogP contribution in [0.5, 0.6) is 0 Å². The number of para-hydroxylation sites is 2. The summed E-state index contributed by atoms with van der Waals surface area (Å²) in [7, 11) is 3.64. The zero-order chi connectivity index (χ0) is 28.2. The van der Waals surface area contributed by atoms with Gasteiger partial charge in [-0.05, 0) is 88.0 Å². The van der Waals surface area contributed by atoms with Crippen molar-refractivity contribution in [3.05, 3.63) is 65.2 Å². The summed E-state index contributed by atoms with van der Waals surface area (Å²) < 4.78 is 27.8. The van der Waals surface area contributed by atoms with Crippen LogP contribution in [0.15, 0.2) is 42.5 Å². The Labute approximate surface area is 232 Å². The van der Waals surface area contributed by atoms with Crippen molar-refractivity contribution in [1.82, 2.24) is 14.5 Å². The molecular weight excluding hydrogens is 493 g/mol. The largest absolute Gasteiger partial charge is 0.457 e. The summed E-state index contributed by atoms with van der Waals surface area (Å²) in [6.45, 7) is 10.4. The standard InChI is InChI=1S/C32H44FN3O3/c1-22(2)31-26-14-13-25(33)20-24(26)15-16-32(31,39-30(37)21-38-6)17-19-35(5)18-9-12-29-34-27-10-7-8-11-28(27)36(29)23(3)4/h7-8,10-11,13-14,20,22-23,31H,9,12,15-19,21H2,1-6H3/t31?,32-/m0/s1. The highest BCUT2D eigenvalue weighted by Crippen LogP contribution is 2.48. The van der Waals surface area contributed by atoms with Gasteiger partial charge in [0.1, 0.15) is 23.8 Å². The Morgan fingerprint density at radius 2 is 1.95 bits per heavy atom. The third-order valence-electron chi connectivity index (χ3n) is 8.11. The lowest BCUT2D eigenvalue weighted by Gasteiger charge is -2.47. The summed E-state index contributed by atoms with van der Waals surface area (Å²) in [6, 6.07) is 13.7. The van der Waals surface area contributed by atoms with Gasteiger partial charge in [-0.25, -0.2) is 14.2 Å². The second-order valence-electron chi connectivity index (χ2n) is 11.7. The molecule has 0 spiro atoms. The van der Waals surface area contributed by atoms with E-state index in [4.69, 9.17) is 14.5 Å². The van der Waals surface area contributed by atoms with E-state index in [1.165, 1.54) is 18.7 Å². The third-order valence-corrected chi connectivity index (χ3v) is 8.11. The molecule has 1 unspecified atom stereocenters. The van der Waals surface area contributed by atoms with Crippen LogP contribution < -0.4 is 0 Å². The molecule has 6 nitrogen and oxygen atoms in total. The third kappa shape index (κ3) is 6.52. The summed E-state index contributed by atoms with van der Waals surface area (Å²) in [5.74, 6) is 0.775. The van der Waals surface area contributed by atoms with Gasteiger partial charge in [0.15, 0.2) is 0 Å². The normalized spacial score (nSPS) is 19.3. The number of carbonyl (C=O) groups excluding carboxylic acids is 1. The van der Waals surface area contributed by atoms with Gasteiger partial charge in [0.25, 0.3) is 0 Å². The topological polar surface area (TPSA) is 56.6 Å². The van der Waals surface area contributed by atoms with Crippen LogP contribution in [0.1, 0.15) is 75.9 Å². The summed E-state index contributed by atoms with van der Waals surface area (Å²) in [4.78, 5) is 20.0. The summed E-state index contributed by atoms with van der Waals surface area (Å²) >= 11 is 0. The first-order chi connectivity index (χ1) is 18.6. The fourth-order valence-electron chi connectivity index (χ4n) is 6.51. The fraction of sp³-hybridized carbons (Fsp3) is 0.562. The van der Waals surface area contributed by atoms with Gasteiger partial charge in [0.2, 0.25) is 0 Å². The van der Waals surface area contributed by atoms with Crippen molar-refractivity contribution in [3.63, 3.8) is 0 Å². The molecule has 4 rings (SSSR count). The average molecular weight is 538 g/mol. The van der Waals surface area contributed by atoms with Crippen LogP contribution in [0.25, 0.3) is 11.0 Å². The number of imidazole rings is 1. The van der Waals surface area contributed by atoms with Crippen molar-refractivity contribution in [2.45, 2.75) is 77.4 Å². The number of hydrogen-bond donors (Lipinski definition) is 0. The molecule has 0 N–H and O–H groups in total. The Hall–Kier alpha value is -2.77. The predicted octanol–water partition coefficient (Wildman–Crippen LogP) is 6.33. The van der Waals surface area contributed by atoms with Crippen LogP contribution in [0.4, 0.5) is 4.39 Å². The number of ether oxygens (including phenoxy) is 2. The molecule has 0 bridgehead atoms. The maximum atomic E-state index is 14.0. The molecule has 1 aliphatic carbocycles. The Balaban J connectivity index is 1.47. The molecule has 0 aliphatic heterocycles. The molecule has 3 aromatic rings. The van der Waals surface area contributed by atoms with Crippen LogP contribution >= 0.6 is 0 Å². The molecule has 39 heavy (non-hydrogen) atoms. The number of rotatable bonds is 12. The van der Waals surface area contributed by atoms with Crippen LogP contribution in [-0.4, -0.2) is 59.9 Å². The van der Waals surface area contributed by atoms with E-state index in [0.717, 1.165) is 48.4 Å². The number of aryl methyl sites for hydroxylation is 2. The number of esters is 1. The fourth-order valence-corrected chi connectivity index (χ4v) is 6.51. The van der Waals surface area contributed by atoms with E-state index in [1.54, 1.807) is 6.07 Å². The first kappa shape index (κ1) is 29.2. The molecule has 212 valence electrons. The number of halogens is 1. The highest BCUT2D eigenvalue weighted by Gasteiger charge is 2.47. The molecule has 2 aromatic carbocycles. The zero-order valence-electron chi connectivity index (χ0n) is 24.4. The van der Waals surface area contributed by atoms with Crippen LogP contribution in [-0.2, 0) is 27.1 Å². The Kier molecular flexibility index (Phi) is 9.44. The smallest absolute Gasteiger partial charge is 0.332 e. The molecule has 1 aliphatic rings. The van der Waals surface area contributed by atoms with E-state index in [-0.39, 0.29) is 30.2 Å². The molecule has 0 saturated carbocycles. The van der Waals surface area contributed by atoms with Gasteiger partial charge in [0, 0.05) is 38.5 Å². The molecule has 0 saturated heterocycles. The Morgan fingerprint density at radius 1 is 1.18 bits per heavy atom. The zero-order valence-corrected chi connectivity index (χ0v) is 24.4. The van der Waals surface area contributed by atoms with Crippen LogP contribution in [0.2, 0.25) is 0 Å². The maximum absolute atomic E-state index is 14.0. The van der Waals surface area contributed by atoms with Crippen molar-refractivity contribution >= 4 is 17.0 Å². The molecular formula is C32H44FN3O3. The second-order valence-corrected chi connectivity index (χ2v) is 11.7. The van der Waals surface area contributed by atoms with Crippen LogP contribution in [0.3, 0.4) is 0 Å². The highest BCUT2D eigenvalue weighted by molar-refractivity contribution is 5.76. The average Bonchev–Trinajstić information content (AvgIpc) is 3.26. The summed E-state index contributed by atoms with van der Waals surface area (Å²) in [5.41, 5.74) is 3.69. The summed E-state index contributed by atoms with van der Waals surface area (Å²) in [6.07, 6.45) is 3.96. The SMILES string of the molecule is COCC(=O)O[C@]1(CCN(C)CCCc2nc3ccccc3n2C(C)C)CCc2cc(F)ccc2C1C(C)C. The number of benzene rings is 2. The van der Waals surface area contributed by atoms with Gasteiger partial charge in [0.05, 0.1) is 11.0 Å². The first-order valence-corrected chi connectivity index (χ1v) is 14.3. The maximum Gasteiger partial charge on any atom is 0.332 e. The quantitative estimate of drug-likeness (QED) is 0.253. The Morgan fingerprint density at radius 3 is 2.67 bits per heavy atom. The minimum atomic E-state index is -0.658.